The maximum atomic E-state index is 12.4. The number of benzene rings is 2. The Kier molecular flexibility index (Phi) is 6.92. The Morgan fingerprint density at radius 2 is 1.57 bits per heavy atom. The second kappa shape index (κ2) is 10.1. The predicted molar refractivity (Wildman–Crippen MR) is 126 cm³/mol. The molecule has 2 N–H and O–H groups in total. The van der Waals surface area contributed by atoms with E-state index in [1.165, 1.54) is 30.6 Å². The molecule has 2 amide bonds. The van der Waals surface area contributed by atoms with Crippen LogP contribution >= 0.6 is 11.8 Å². The fraction of sp³-hybridized carbons (Fsp3) is 0.130. The minimum Gasteiger partial charge on any atom is -0.439 e. The van der Waals surface area contributed by atoms with Crippen LogP contribution in [0.5, 0.6) is 11.6 Å². The van der Waals surface area contributed by atoms with E-state index in [1.54, 1.807) is 35.0 Å². The Balaban J connectivity index is 1.34. The Morgan fingerprint density at radius 3 is 2.14 bits per heavy atom. The Bertz CT molecular complexity index is 1320. The molecule has 8 nitrogen and oxygen atoms in total. The van der Waals surface area contributed by atoms with Crippen LogP contribution in [0.1, 0.15) is 11.4 Å². The first-order valence-electron chi connectivity index (χ1n) is 10.2. The summed E-state index contributed by atoms with van der Waals surface area (Å²) in [5, 5.41) is 9.61. The summed E-state index contributed by atoms with van der Waals surface area (Å²) in [5.41, 5.74) is -1.72. The summed E-state index contributed by atoms with van der Waals surface area (Å²) in [4.78, 5) is 20.6. The molecule has 4 rings (SSSR count). The lowest BCUT2D eigenvalue weighted by Crippen LogP contribution is -2.19. The largest absolute Gasteiger partial charge is 0.446 e. The highest BCUT2D eigenvalue weighted by Crippen LogP contribution is 2.37. The van der Waals surface area contributed by atoms with E-state index in [9.17, 15) is 18.0 Å². The lowest BCUT2D eigenvalue weighted by Gasteiger charge is -2.10. The van der Waals surface area contributed by atoms with Gasteiger partial charge in [-0.1, -0.05) is 0 Å². The van der Waals surface area contributed by atoms with Gasteiger partial charge in [0, 0.05) is 28.0 Å². The predicted octanol–water partition coefficient (Wildman–Crippen LogP) is 6.33. The van der Waals surface area contributed by atoms with Gasteiger partial charge in [-0.2, -0.15) is 18.3 Å². The molecular formula is C23H19F3N6O2S. The van der Waals surface area contributed by atoms with Gasteiger partial charge in [0.15, 0.2) is 5.82 Å². The summed E-state index contributed by atoms with van der Waals surface area (Å²) in [5.74, 6) is 1.39. The number of anilines is 2. The Morgan fingerprint density at radius 1 is 0.943 bits per heavy atom. The zero-order valence-electron chi connectivity index (χ0n) is 18.5. The van der Waals surface area contributed by atoms with Crippen LogP contribution in [0.3, 0.4) is 0 Å². The number of rotatable bonds is 6. The van der Waals surface area contributed by atoms with E-state index in [4.69, 9.17) is 4.74 Å². The van der Waals surface area contributed by atoms with Gasteiger partial charge in [0.2, 0.25) is 5.88 Å². The quantitative estimate of drug-likeness (QED) is 0.301. The van der Waals surface area contributed by atoms with Gasteiger partial charge in [-0.05, 0) is 80.2 Å². The molecular weight excluding hydrogens is 481 g/mol. The van der Waals surface area contributed by atoms with Gasteiger partial charge in [-0.15, -0.1) is 0 Å². The molecule has 0 radical (unpaired) electrons. The summed E-state index contributed by atoms with van der Waals surface area (Å²) in [7, 11) is 0. The van der Waals surface area contributed by atoms with Crippen molar-refractivity contribution in [2.75, 3.05) is 10.6 Å². The number of carbonyl (C=O) groups excluding carboxylic acids is 1. The van der Waals surface area contributed by atoms with Crippen LogP contribution in [0.4, 0.5) is 29.3 Å². The number of halogens is 3. The lowest BCUT2D eigenvalue weighted by atomic mass is 10.3. The number of hydrogen-bond acceptors (Lipinski definition) is 6. The number of amides is 2. The highest BCUT2D eigenvalue weighted by molar-refractivity contribution is 8.00. The van der Waals surface area contributed by atoms with E-state index in [1.807, 2.05) is 19.9 Å². The van der Waals surface area contributed by atoms with Crippen molar-refractivity contribution in [1.82, 2.24) is 19.7 Å². The van der Waals surface area contributed by atoms with Crippen molar-refractivity contribution in [3.8, 4) is 17.4 Å². The first-order valence-corrected chi connectivity index (χ1v) is 11.0. The third-order valence-electron chi connectivity index (χ3n) is 4.53. The fourth-order valence-electron chi connectivity index (χ4n) is 3.12. The first-order chi connectivity index (χ1) is 16.6. The Hall–Kier alpha value is -4.06. The van der Waals surface area contributed by atoms with Crippen LogP contribution in [-0.4, -0.2) is 31.3 Å². The molecule has 2 heterocycles. The number of ether oxygens (including phenoxy) is 1. The topological polar surface area (TPSA) is 94.0 Å². The summed E-state index contributed by atoms with van der Waals surface area (Å²) in [6.07, 6.45) is 1.38. The number of aryl methyl sites for hydroxylation is 2. The molecule has 0 atom stereocenters. The summed E-state index contributed by atoms with van der Waals surface area (Å²) < 4.78 is 44.7. The van der Waals surface area contributed by atoms with Crippen LogP contribution < -0.4 is 15.4 Å². The molecule has 0 saturated carbocycles. The van der Waals surface area contributed by atoms with Gasteiger partial charge in [-0.25, -0.2) is 19.4 Å². The zero-order chi connectivity index (χ0) is 25.0. The van der Waals surface area contributed by atoms with Gasteiger partial charge in [0.1, 0.15) is 12.1 Å². The van der Waals surface area contributed by atoms with Crippen molar-refractivity contribution in [3.63, 3.8) is 0 Å². The minimum absolute atomic E-state index is 0.0322. The summed E-state index contributed by atoms with van der Waals surface area (Å²) >= 11 is -0.219. The second-order valence-corrected chi connectivity index (χ2v) is 8.47. The number of nitrogens with one attached hydrogen (secondary N) is 2. The standard InChI is InChI=1S/C23H19F3N6O2S/c1-14-11-15(2)32(31-14)20-12-21(28-13-27-20)34-18-7-3-16(4-8-18)29-22(33)30-17-5-9-19(10-6-17)35-23(24,25)26/h3-13H,1-2H3,(H2,29,30,33). The number of aromatic nitrogens is 4. The van der Waals surface area contributed by atoms with Crippen molar-refractivity contribution in [3.05, 3.63) is 78.4 Å². The van der Waals surface area contributed by atoms with E-state index in [0.29, 0.717) is 28.8 Å². The third-order valence-corrected chi connectivity index (χ3v) is 5.27. The normalized spacial score (nSPS) is 11.2. The molecule has 0 aliphatic heterocycles. The van der Waals surface area contributed by atoms with Crippen LogP contribution in [0.2, 0.25) is 0 Å². The Labute approximate surface area is 202 Å². The van der Waals surface area contributed by atoms with Gasteiger partial charge in [-0.3, -0.25) is 0 Å². The SMILES string of the molecule is Cc1cc(C)n(-c2cc(Oc3ccc(NC(=O)Nc4ccc(SC(F)(F)F)cc4)cc3)ncn2)n1. The lowest BCUT2D eigenvalue weighted by molar-refractivity contribution is -0.0328. The number of nitrogens with zero attached hydrogens (tertiary/aromatic N) is 4. The molecule has 0 aliphatic carbocycles. The average molecular weight is 501 g/mol. The van der Waals surface area contributed by atoms with E-state index in [-0.39, 0.29) is 16.7 Å². The maximum Gasteiger partial charge on any atom is 0.446 e. The molecule has 0 spiro atoms. The average Bonchev–Trinajstić information content (AvgIpc) is 3.13. The molecule has 0 unspecified atom stereocenters. The smallest absolute Gasteiger partial charge is 0.439 e. The molecule has 4 aromatic rings. The molecule has 0 fully saturated rings. The highest BCUT2D eigenvalue weighted by Gasteiger charge is 2.29. The third kappa shape index (κ3) is 6.73. The first kappa shape index (κ1) is 24.1. The van der Waals surface area contributed by atoms with E-state index >= 15 is 0 Å². The van der Waals surface area contributed by atoms with Crippen LogP contribution in [-0.2, 0) is 0 Å². The summed E-state index contributed by atoms with van der Waals surface area (Å²) in [6.45, 7) is 3.82. The fourth-order valence-corrected chi connectivity index (χ4v) is 3.66. The van der Waals surface area contributed by atoms with E-state index in [2.05, 4.69) is 25.7 Å². The maximum absolute atomic E-state index is 12.4. The second-order valence-electron chi connectivity index (χ2n) is 7.33. The minimum atomic E-state index is -4.37. The van der Waals surface area contributed by atoms with Gasteiger partial charge >= 0.3 is 11.5 Å². The monoisotopic (exact) mass is 500 g/mol. The molecule has 0 bridgehead atoms. The van der Waals surface area contributed by atoms with Crippen LogP contribution in [0.15, 0.2) is 71.9 Å². The van der Waals surface area contributed by atoms with E-state index in [0.717, 1.165) is 11.4 Å². The molecule has 35 heavy (non-hydrogen) atoms. The van der Waals surface area contributed by atoms with Gasteiger partial charge in [0.05, 0.1) is 5.69 Å². The van der Waals surface area contributed by atoms with Crippen molar-refractivity contribution < 1.29 is 22.7 Å². The molecule has 0 aliphatic rings. The number of hydrogen-bond donors (Lipinski definition) is 2. The van der Waals surface area contributed by atoms with Gasteiger partial charge in [0.25, 0.3) is 0 Å². The van der Waals surface area contributed by atoms with Crippen molar-refractivity contribution in [2.45, 2.75) is 24.3 Å². The molecule has 2 aromatic heterocycles. The number of carbonyl (C=O) groups is 1. The molecule has 0 saturated heterocycles. The number of urea groups is 1. The molecule has 12 heteroatoms. The van der Waals surface area contributed by atoms with Gasteiger partial charge < -0.3 is 15.4 Å². The van der Waals surface area contributed by atoms with Crippen molar-refractivity contribution >= 4 is 29.2 Å². The van der Waals surface area contributed by atoms with Crippen molar-refractivity contribution in [2.24, 2.45) is 0 Å². The summed E-state index contributed by atoms with van der Waals surface area (Å²) in [6, 6.07) is 15.0. The molecule has 180 valence electrons. The van der Waals surface area contributed by atoms with Crippen LogP contribution in [0, 0.1) is 13.8 Å². The van der Waals surface area contributed by atoms with Crippen molar-refractivity contribution in [1.29, 1.82) is 0 Å². The van der Waals surface area contributed by atoms with Crippen LogP contribution in [0.25, 0.3) is 5.82 Å². The highest BCUT2D eigenvalue weighted by atomic mass is 32.2. The number of thioether (sulfide) groups is 1. The molecule has 2 aromatic carbocycles. The van der Waals surface area contributed by atoms with E-state index < -0.39 is 11.5 Å². The zero-order valence-corrected chi connectivity index (χ0v) is 19.3. The number of alkyl halides is 3.